The second-order valence-electron chi connectivity index (χ2n) is 6.91. The molecule has 0 radical (unpaired) electrons. The summed E-state index contributed by atoms with van der Waals surface area (Å²) in [6, 6.07) is 5.47. The number of fused-ring (bicyclic) bond motifs is 1. The highest BCUT2D eigenvalue weighted by atomic mass is 19.4. The van der Waals surface area contributed by atoms with Crippen molar-refractivity contribution in [1.29, 1.82) is 0 Å². The van der Waals surface area contributed by atoms with E-state index in [1.807, 2.05) is 0 Å². The second-order valence-corrected chi connectivity index (χ2v) is 6.91. The first kappa shape index (κ1) is 18.4. The third-order valence-corrected chi connectivity index (χ3v) is 4.77. The van der Waals surface area contributed by atoms with Crippen molar-refractivity contribution in [2.24, 2.45) is 5.92 Å². The summed E-state index contributed by atoms with van der Waals surface area (Å²) in [5.41, 5.74) is 1.83. The maximum atomic E-state index is 13.2. The largest absolute Gasteiger partial charge is 0.408 e. The van der Waals surface area contributed by atoms with Crippen molar-refractivity contribution < 1.29 is 22.4 Å². The number of amides is 1. The molecule has 0 aliphatic heterocycles. The van der Waals surface area contributed by atoms with E-state index >= 15 is 0 Å². The van der Waals surface area contributed by atoms with E-state index in [1.54, 1.807) is 13.0 Å². The first-order valence-corrected chi connectivity index (χ1v) is 8.73. The second kappa shape index (κ2) is 6.57. The number of aromatic nitrogens is 3. The predicted molar refractivity (Wildman–Crippen MR) is 93.2 cm³/mol. The number of carbonyl (C=O) groups is 1. The SMILES string of the molecule is Cc1cc(-c2ccc(F)cc2)nc2c(C(=O)NC(C3CC3)C(F)(F)F)cnn12. The van der Waals surface area contributed by atoms with Crippen molar-refractivity contribution in [3.63, 3.8) is 0 Å². The fourth-order valence-electron chi connectivity index (χ4n) is 3.16. The normalized spacial score (nSPS) is 15.6. The van der Waals surface area contributed by atoms with Crippen molar-refractivity contribution in [1.82, 2.24) is 19.9 Å². The Morgan fingerprint density at radius 3 is 2.54 bits per heavy atom. The summed E-state index contributed by atoms with van der Waals surface area (Å²) in [4.78, 5) is 16.9. The summed E-state index contributed by atoms with van der Waals surface area (Å²) in [5.74, 6) is -1.85. The van der Waals surface area contributed by atoms with Crippen LogP contribution in [-0.4, -0.2) is 32.7 Å². The summed E-state index contributed by atoms with van der Waals surface area (Å²) in [7, 11) is 0. The number of carbonyl (C=O) groups excluding carboxylic acids is 1. The Kier molecular flexibility index (Phi) is 4.32. The molecule has 2 heterocycles. The Labute approximate surface area is 157 Å². The Hall–Kier alpha value is -2.97. The van der Waals surface area contributed by atoms with E-state index in [-0.39, 0.29) is 11.2 Å². The third kappa shape index (κ3) is 3.44. The van der Waals surface area contributed by atoms with E-state index in [1.165, 1.54) is 35.0 Å². The summed E-state index contributed by atoms with van der Waals surface area (Å²) < 4.78 is 54.2. The van der Waals surface area contributed by atoms with E-state index in [2.05, 4.69) is 15.4 Å². The number of rotatable bonds is 4. The van der Waals surface area contributed by atoms with Crippen LogP contribution in [0.3, 0.4) is 0 Å². The van der Waals surface area contributed by atoms with E-state index in [0.29, 0.717) is 29.8 Å². The summed E-state index contributed by atoms with van der Waals surface area (Å²) in [5, 5.41) is 6.16. The van der Waals surface area contributed by atoms with Gasteiger partial charge >= 0.3 is 6.18 Å². The Bertz CT molecular complexity index is 1040. The Balaban J connectivity index is 1.71. The van der Waals surface area contributed by atoms with E-state index in [4.69, 9.17) is 0 Å². The van der Waals surface area contributed by atoms with Crippen molar-refractivity contribution >= 4 is 11.6 Å². The highest BCUT2D eigenvalue weighted by Crippen LogP contribution is 2.40. The molecule has 9 heteroatoms. The third-order valence-electron chi connectivity index (χ3n) is 4.77. The van der Waals surface area contributed by atoms with Crippen LogP contribution in [0.2, 0.25) is 0 Å². The molecule has 146 valence electrons. The van der Waals surface area contributed by atoms with Gasteiger partial charge in [0.15, 0.2) is 5.65 Å². The molecule has 1 aliphatic rings. The molecule has 0 saturated heterocycles. The van der Waals surface area contributed by atoms with Crippen LogP contribution in [0.25, 0.3) is 16.9 Å². The number of nitrogens with zero attached hydrogens (tertiary/aromatic N) is 3. The molecular formula is C19H16F4N4O. The van der Waals surface area contributed by atoms with Gasteiger partial charge in [0, 0.05) is 11.3 Å². The fraction of sp³-hybridized carbons (Fsp3) is 0.316. The number of benzene rings is 1. The zero-order chi connectivity index (χ0) is 20.1. The quantitative estimate of drug-likeness (QED) is 0.685. The lowest BCUT2D eigenvalue weighted by molar-refractivity contribution is -0.158. The number of hydrogen-bond donors (Lipinski definition) is 1. The van der Waals surface area contributed by atoms with E-state index in [0.717, 1.165) is 0 Å². The molecule has 1 saturated carbocycles. The van der Waals surface area contributed by atoms with Crippen molar-refractivity contribution in [2.45, 2.75) is 32.0 Å². The highest BCUT2D eigenvalue weighted by Gasteiger charge is 2.49. The van der Waals surface area contributed by atoms with Crippen LogP contribution in [0.1, 0.15) is 28.9 Å². The lowest BCUT2D eigenvalue weighted by atomic mass is 10.1. The number of nitrogens with one attached hydrogen (secondary N) is 1. The van der Waals surface area contributed by atoms with Gasteiger partial charge in [-0.05, 0) is 56.0 Å². The molecule has 1 N–H and O–H groups in total. The molecule has 1 unspecified atom stereocenters. The van der Waals surface area contributed by atoms with Gasteiger partial charge in [0.2, 0.25) is 0 Å². The zero-order valence-corrected chi connectivity index (χ0v) is 14.8. The van der Waals surface area contributed by atoms with E-state index < -0.39 is 29.9 Å². The van der Waals surface area contributed by atoms with Crippen LogP contribution in [0.15, 0.2) is 36.5 Å². The summed E-state index contributed by atoms with van der Waals surface area (Å²) >= 11 is 0. The fourth-order valence-corrected chi connectivity index (χ4v) is 3.16. The van der Waals surface area contributed by atoms with Gasteiger partial charge in [-0.2, -0.15) is 18.3 Å². The van der Waals surface area contributed by atoms with Gasteiger partial charge in [0.25, 0.3) is 5.91 Å². The standard InChI is InChI=1S/C19H16F4N4O/c1-10-8-15(11-4-6-13(20)7-5-11)25-17-14(9-24-27(10)17)18(28)26-16(12-2-3-12)19(21,22)23/h4-9,12,16H,2-3H2,1H3,(H,26,28). The van der Waals surface area contributed by atoms with Crippen LogP contribution >= 0.6 is 0 Å². The molecule has 28 heavy (non-hydrogen) atoms. The number of alkyl halides is 3. The van der Waals surface area contributed by atoms with Gasteiger partial charge in [0.05, 0.1) is 11.9 Å². The molecule has 3 aromatic rings. The summed E-state index contributed by atoms with van der Waals surface area (Å²) in [6.07, 6.45) is -2.43. The van der Waals surface area contributed by atoms with E-state index in [9.17, 15) is 22.4 Å². The molecule has 1 fully saturated rings. The van der Waals surface area contributed by atoms with Gasteiger partial charge in [-0.3, -0.25) is 4.79 Å². The Morgan fingerprint density at radius 2 is 1.93 bits per heavy atom. The molecule has 1 amide bonds. The molecule has 0 spiro atoms. The van der Waals surface area contributed by atoms with Crippen molar-refractivity contribution in [3.05, 3.63) is 53.6 Å². The average Bonchev–Trinajstić information content (AvgIpc) is 3.37. The van der Waals surface area contributed by atoms with Gasteiger partial charge in [-0.25, -0.2) is 13.9 Å². The minimum absolute atomic E-state index is 0.0399. The minimum Gasteiger partial charge on any atom is -0.340 e. The molecule has 4 rings (SSSR count). The zero-order valence-electron chi connectivity index (χ0n) is 14.8. The average molecular weight is 392 g/mol. The summed E-state index contributed by atoms with van der Waals surface area (Å²) in [6.45, 7) is 1.74. The monoisotopic (exact) mass is 392 g/mol. The smallest absolute Gasteiger partial charge is 0.340 e. The van der Waals surface area contributed by atoms with Crippen LogP contribution in [-0.2, 0) is 0 Å². The Morgan fingerprint density at radius 1 is 1.25 bits per heavy atom. The molecule has 2 aromatic heterocycles. The topological polar surface area (TPSA) is 59.3 Å². The number of aryl methyl sites for hydroxylation is 1. The lowest BCUT2D eigenvalue weighted by Crippen LogP contribution is -2.46. The van der Waals surface area contributed by atoms with Crippen LogP contribution in [0.4, 0.5) is 17.6 Å². The lowest BCUT2D eigenvalue weighted by Gasteiger charge is -2.20. The van der Waals surface area contributed by atoms with Crippen LogP contribution < -0.4 is 5.32 Å². The van der Waals surface area contributed by atoms with Gasteiger partial charge in [0.1, 0.15) is 17.4 Å². The molecule has 1 aromatic carbocycles. The van der Waals surface area contributed by atoms with Gasteiger partial charge in [-0.15, -0.1) is 0 Å². The maximum absolute atomic E-state index is 13.2. The molecular weight excluding hydrogens is 376 g/mol. The number of halogens is 4. The first-order chi connectivity index (χ1) is 13.2. The molecule has 1 atom stereocenters. The first-order valence-electron chi connectivity index (χ1n) is 8.73. The van der Waals surface area contributed by atoms with Crippen LogP contribution in [0.5, 0.6) is 0 Å². The number of hydrogen-bond acceptors (Lipinski definition) is 3. The molecule has 0 bridgehead atoms. The van der Waals surface area contributed by atoms with Crippen molar-refractivity contribution in [2.75, 3.05) is 0 Å². The van der Waals surface area contributed by atoms with Crippen molar-refractivity contribution in [3.8, 4) is 11.3 Å². The molecule has 5 nitrogen and oxygen atoms in total. The van der Waals surface area contributed by atoms with Gasteiger partial charge in [-0.1, -0.05) is 0 Å². The van der Waals surface area contributed by atoms with Gasteiger partial charge < -0.3 is 5.32 Å². The molecule has 1 aliphatic carbocycles. The maximum Gasteiger partial charge on any atom is 0.408 e. The highest BCUT2D eigenvalue weighted by molar-refractivity contribution is 6.00. The minimum atomic E-state index is -4.51. The predicted octanol–water partition coefficient (Wildman–Crippen LogP) is 3.91. The van der Waals surface area contributed by atoms with Crippen LogP contribution in [0, 0.1) is 18.7 Å².